The van der Waals surface area contributed by atoms with Crippen molar-refractivity contribution < 1.29 is 23.5 Å². The van der Waals surface area contributed by atoms with Crippen LogP contribution in [0.2, 0.25) is 0 Å². The third-order valence-corrected chi connectivity index (χ3v) is 5.65. The Balaban J connectivity index is 1.56. The molecule has 0 unspecified atom stereocenters. The molecule has 3 aromatic carbocycles. The van der Waals surface area contributed by atoms with Gasteiger partial charge in [0, 0.05) is 24.3 Å². The first-order valence-corrected chi connectivity index (χ1v) is 10.8. The molecular formula is C27H24FNO4. The number of Topliss-reactive ketones (excluding diaryl/α,β-unsaturated/α-hetero) is 1. The smallest absolute Gasteiger partial charge is 0.346 e. The lowest BCUT2D eigenvalue weighted by atomic mass is 10.1. The number of anilines is 1. The minimum atomic E-state index is -0.815. The Morgan fingerprint density at radius 1 is 1.03 bits per heavy atom. The molecule has 0 fully saturated rings. The summed E-state index contributed by atoms with van der Waals surface area (Å²) in [7, 11) is 0. The molecule has 0 aliphatic carbocycles. The van der Waals surface area contributed by atoms with Gasteiger partial charge >= 0.3 is 5.97 Å². The molecule has 0 bridgehead atoms. The number of carbonyl (C=O) groups excluding carboxylic acids is 2. The van der Waals surface area contributed by atoms with Crippen LogP contribution >= 0.6 is 0 Å². The van der Waals surface area contributed by atoms with Crippen molar-refractivity contribution in [3.63, 3.8) is 0 Å². The average Bonchev–Trinajstić information content (AvgIpc) is 3.14. The summed E-state index contributed by atoms with van der Waals surface area (Å²) in [5, 5.41) is 0. The number of fused-ring (bicyclic) bond motifs is 1. The maximum absolute atomic E-state index is 13.9. The zero-order valence-corrected chi connectivity index (χ0v) is 18.7. The second-order valence-corrected chi connectivity index (χ2v) is 7.64. The van der Waals surface area contributed by atoms with Crippen molar-refractivity contribution in [3.8, 4) is 11.5 Å². The van der Waals surface area contributed by atoms with E-state index in [1.165, 1.54) is 24.3 Å². The number of allylic oxidation sites excluding steroid dienone is 1. The highest BCUT2D eigenvalue weighted by Crippen LogP contribution is 2.39. The van der Waals surface area contributed by atoms with Gasteiger partial charge in [-0.2, -0.15) is 0 Å². The van der Waals surface area contributed by atoms with Gasteiger partial charge in [0.05, 0.1) is 11.1 Å². The molecule has 0 atom stereocenters. The minimum absolute atomic E-state index is 0.164. The summed E-state index contributed by atoms with van der Waals surface area (Å²) in [6.07, 6.45) is 1.69. The molecule has 168 valence electrons. The molecule has 6 heteroatoms. The highest BCUT2D eigenvalue weighted by atomic mass is 19.1. The molecule has 33 heavy (non-hydrogen) atoms. The number of carbonyl (C=O) groups is 2. The summed E-state index contributed by atoms with van der Waals surface area (Å²) < 4.78 is 25.2. The van der Waals surface area contributed by atoms with E-state index in [2.05, 4.69) is 18.7 Å². The number of rotatable bonds is 6. The average molecular weight is 445 g/mol. The minimum Gasteiger partial charge on any atom is -0.452 e. The van der Waals surface area contributed by atoms with E-state index in [0.717, 1.165) is 24.3 Å². The largest absolute Gasteiger partial charge is 0.452 e. The maximum atomic E-state index is 13.9. The molecule has 1 heterocycles. The van der Waals surface area contributed by atoms with Crippen molar-refractivity contribution in [1.82, 2.24) is 0 Å². The zero-order valence-electron chi connectivity index (χ0n) is 18.7. The normalized spacial score (nSPS) is 13.6. The summed E-state index contributed by atoms with van der Waals surface area (Å²) >= 11 is 0. The molecule has 0 N–H and O–H groups in total. The number of hydrogen-bond donors (Lipinski definition) is 0. The molecular weight excluding hydrogens is 421 g/mol. The lowest BCUT2D eigenvalue weighted by Crippen LogP contribution is -2.21. The third-order valence-electron chi connectivity index (χ3n) is 5.65. The number of ketones is 1. The van der Waals surface area contributed by atoms with Crippen molar-refractivity contribution in [2.45, 2.75) is 20.8 Å². The number of esters is 1. The Morgan fingerprint density at radius 3 is 2.39 bits per heavy atom. The molecule has 0 radical (unpaired) electrons. The number of halogens is 1. The summed E-state index contributed by atoms with van der Waals surface area (Å²) in [4.78, 5) is 27.5. The molecule has 0 saturated carbocycles. The highest BCUT2D eigenvalue weighted by molar-refractivity contribution is 6.15. The standard InChI is InChI=1S/C27H24FNO4/c1-4-29(5-2)19-12-10-18(11-13-19)16-24-25(30)21-14-15-23(17(3)26(21)32-24)33-27(31)20-8-6-7-9-22(20)28/h6-16H,4-5H2,1-3H3/b24-16-. The molecule has 3 aromatic rings. The van der Waals surface area contributed by atoms with Gasteiger partial charge in [0.2, 0.25) is 5.78 Å². The van der Waals surface area contributed by atoms with Gasteiger partial charge < -0.3 is 14.4 Å². The number of hydrogen-bond acceptors (Lipinski definition) is 5. The van der Waals surface area contributed by atoms with Gasteiger partial charge in [0.15, 0.2) is 5.76 Å². The van der Waals surface area contributed by atoms with Gasteiger partial charge in [-0.1, -0.05) is 24.3 Å². The summed E-state index contributed by atoms with van der Waals surface area (Å²) in [5.41, 5.74) is 2.67. The van der Waals surface area contributed by atoms with Crippen molar-refractivity contribution >= 4 is 23.5 Å². The Labute approximate surface area is 192 Å². The van der Waals surface area contributed by atoms with Crippen LogP contribution in [0.1, 0.15) is 45.7 Å². The van der Waals surface area contributed by atoms with Crippen LogP contribution in [0, 0.1) is 12.7 Å². The predicted octanol–water partition coefficient (Wildman–Crippen LogP) is 5.82. The third kappa shape index (κ3) is 4.37. The molecule has 0 amide bonds. The Bertz CT molecular complexity index is 1240. The summed E-state index contributed by atoms with van der Waals surface area (Å²) in [5.74, 6) is -0.979. The van der Waals surface area contributed by atoms with Crippen LogP contribution in [-0.4, -0.2) is 24.8 Å². The first-order chi connectivity index (χ1) is 15.9. The first-order valence-electron chi connectivity index (χ1n) is 10.8. The van der Waals surface area contributed by atoms with E-state index in [9.17, 15) is 14.0 Å². The highest BCUT2D eigenvalue weighted by Gasteiger charge is 2.30. The Kier molecular flexibility index (Phi) is 6.27. The van der Waals surface area contributed by atoms with E-state index >= 15 is 0 Å². The van der Waals surface area contributed by atoms with E-state index in [0.29, 0.717) is 16.9 Å². The van der Waals surface area contributed by atoms with Gasteiger partial charge in [0.25, 0.3) is 0 Å². The van der Waals surface area contributed by atoms with Gasteiger partial charge in [-0.05, 0) is 68.8 Å². The van der Waals surface area contributed by atoms with E-state index in [1.807, 2.05) is 24.3 Å². The molecule has 0 aromatic heterocycles. The fraction of sp³-hybridized carbons (Fsp3) is 0.185. The van der Waals surface area contributed by atoms with Crippen LogP contribution in [0.15, 0.2) is 66.4 Å². The monoisotopic (exact) mass is 445 g/mol. The Morgan fingerprint density at radius 2 is 1.73 bits per heavy atom. The lowest BCUT2D eigenvalue weighted by Gasteiger charge is -2.20. The lowest BCUT2D eigenvalue weighted by molar-refractivity contribution is 0.0728. The number of benzene rings is 3. The SMILES string of the molecule is CCN(CC)c1ccc(/C=C2\Oc3c(ccc(OC(=O)c4ccccc4F)c3C)C2=O)cc1. The topological polar surface area (TPSA) is 55.8 Å². The van der Waals surface area contributed by atoms with E-state index < -0.39 is 11.8 Å². The molecule has 1 aliphatic rings. The number of ether oxygens (including phenoxy) is 2. The summed E-state index contributed by atoms with van der Waals surface area (Å²) in [6, 6.07) is 16.6. The summed E-state index contributed by atoms with van der Waals surface area (Å²) in [6.45, 7) is 7.73. The van der Waals surface area contributed by atoms with Crippen LogP contribution in [0.25, 0.3) is 6.08 Å². The van der Waals surface area contributed by atoms with Crippen molar-refractivity contribution in [3.05, 3.63) is 94.5 Å². The van der Waals surface area contributed by atoms with E-state index in [-0.39, 0.29) is 22.9 Å². The Hall–Kier alpha value is -3.93. The second-order valence-electron chi connectivity index (χ2n) is 7.64. The van der Waals surface area contributed by atoms with E-state index in [1.54, 1.807) is 25.1 Å². The molecule has 0 spiro atoms. The van der Waals surface area contributed by atoms with Crippen LogP contribution < -0.4 is 14.4 Å². The second kappa shape index (κ2) is 9.28. The van der Waals surface area contributed by atoms with Crippen LogP contribution in [0.5, 0.6) is 11.5 Å². The fourth-order valence-electron chi connectivity index (χ4n) is 3.78. The van der Waals surface area contributed by atoms with Crippen molar-refractivity contribution in [2.24, 2.45) is 0 Å². The van der Waals surface area contributed by atoms with Gasteiger partial charge in [-0.25, -0.2) is 9.18 Å². The fourth-order valence-corrected chi connectivity index (χ4v) is 3.78. The van der Waals surface area contributed by atoms with Crippen LogP contribution in [0.4, 0.5) is 10.1 Å². The molecule has 4 rings (SSSR count). The van der Waals surface area contributed by atoms with Crippen molar-refractivity contribution in [2.75, 3.05) is 18.0 Å². The van der Waals surface area contributed by atoms with Gasteiger partial charge in [-0.3, -0.25) is 4.79 Å². The van der Waals surface area contributed by atoms with E-state index in [4.69, 9.17) is 9.47 Å². The van der Waals surface area contributed by atoms with Gasteiger partial charge in [0.1, 0.15) is 17.3 Å². The number of nitrogens with zero attached hydrogens (tertiary/aromatic N) is 1. The maximum Gasteiger partial charge on any atom is 0.346 e. The van der Waals surface area contributed by atoms with Crippen LogP contribution in [0.3, 0.4) is 0 Å². The zero-order chi connectivity index (χ0) is 23.5. The predicted molar refractivity (Wildman–Crippen MR) is 125 cm³/mol. The molecule has 0 saturated heterocycles. The molecule has 1 aliphatic heterocycles. The van der Waals surface area contributed by atoms with Crippen LogP contribution in [-0.2, 0) is 0 Å². The molecule has 5 nitrogen and oxygen atoms in total. The van der Waals surface area contributed by atoms with Gasteiger partial charge in [-0.15, -0.1) is 0 Å². The quantitative estimate of drug-likeness (QED) is 0.272. The van der Waals surface area contributed by atoms with Crippen molar-refractivity contribution in [1.29, 1.82) is 0 Å². The first kappa shape index (κ1) is 22.3.